The molecule has 0 atom stereocenters. The van der Waals surface area contributed by atoms with Gasteiger partial charge in [0.25, 0.3) is 0 Å². The zero-order valence-electron chi connectivity index (χ0n) is 27.6. The minimum Gasteiger partial charge on any atom is -0.309 e. The Morgan fingerprint density at radius 2 is 0.863 bits per heavy atom. The van der Waals surface area contributed by atoms with Crippen molar-refractivity contribution in [3.05, 3.63) is 182 Å². The molecule has 51 heavy (non-hydrogen) atoms. The molecule has 0 N–H and O–H groups in total. The highest BCUT2D eigenvalue weighted by atomic mass is 15.0. The molecule has 0 aliphatic rings. The molecule has 0 aliphatic carbocycles. The van der Waals surface area contributed by atoms with Gasteiger partial charge in [0.2, 0.25) is 0 Å². The number of aromatic nitrogens is 4. The molecule has 0 fully saturated rings. The molecule has 0 saturated heterocycles. The Kier molecular flexibility index (Phi) is 6.78. The van der Waals surface area contributed by atoms with Crippen LogP contribution in [0.25, 0.3) is 94.3 Å². The standard InChI is InChI=1S/C47H30N4/c1-3-12-31(13-4-1)35-19-11-20-38(28-35)47-49-45(33-15-5-2-6-16-33)48-46(50-47)34-22-25-39(26-23-34)51-43-30-37-18-8-7-17-36(37)29-42(43)41-27-24-32-14-9-10-21-40(32)44(41)51/h1-30H. The largest absolute Gasteiger partial charge is 0.309 e. The zero-order chi connectivity index (χ0) is 33.7. The summed E-state index contributed by atoms with van der Waals surface area (Å²) in [7, 11) is 0. The van der Waals surface area contributed by atoms with Crippen molar-refractivity contribution in [2.24, 2.45) is 0 Å². The third kappa shape index (κ3) is 5.04. The maximum absolute atomic E-state index is 5.07. The lowest BCUT2D eigenvalue weighted by molar-refractivity contribution is 1.07. The van der Waals surface area contributed by atoms with E-state index >= 15 is 0 Å². The fourth-order valence-electron chi connectivity index (χ4n) is 7.31. The van der Waals surface area contributed by atoms with Crippen LogP contribution in [0.2, 0.25) is 0 Å². The van der Waals surface area contributed by atoms with Gasteiger partial charge in [-0.1, -0.05) is 140 Å². The maximum atomic E-state index is 5.07. The van der Waals surface area contributed by atoms with Gasteiger partial charge in [-0.05, 0) is 69.8 Å². The molecular formula is C47H30N4. The Labute approximate surface area is 295 Å². The molecule has 0 saturated carbocycles. The average Bonchev–Trinajstić information content (AvgIpc) is 3.54. The van der Waals surface area contributed by atoms with Crippen LogP contribution in [0.5, 0.6) is 0 Å². The SMILES string of the molecule is c1ccc(-c2cccc(-c3nc(-c4ccccc4)nc(-c4ccc(-n5c6cc7ccccc7cc6c6ccc7ccccc7c65)cc4)n3)c2)cc1. The first kappa shape index (κ1) is 29.0. The predicted octanol–water partition coefficient (Wildman–Crippen LogP) is 11.9. The van der Waals surface area contributed by atoms with Gasteiger partial charge in [0.05, 0.1) is 11.0 Å². The van der Waals surface area contributed by atoms with Gasteiger partial charge < -0.3 is 4.57 Å². The second kappa shape index (κ2) is 11.9. The molecule has 0 spiro atoms. The fourth-order valence-corrected chi connectivity index (χ4v) is 7.31. The average molecular weight is 651 g/mol. The van der Waals surface area contributed by atoms with Crippen LogP contribution in [0.3, 0.4) is 0 Å². The van der Waals surface area contributed by atoms with Gasteiger partial charge in [-0.15, -0.1) is 0 Å². The van der Waals surface area contributed by atoms with Crippen molar-refractivity contribution in [3.63, 3.8) is 0 Å². The minimum absolute atomic E-state index is 0.634. The van der Waals surface area contributed by atoms with E-state index in [1.807, 2.05) is 36.4 Å². The normalized spacial score (nSPS) is 11.5. The predicted molar refractivity (Wildman–Crippen MR) is 211 cm³/mol. The smallest absolute Gasteiger partial charge is 0.164 e. The van der Waals surface area contributed by atoms with Gasteiger partial charge in [-0.2, -0.15) is 0 Å². The van der Waals surface area contributed by atoms with Gasteiger partial charge in [0.15, 0.2) is 17.5 Å². The van der Waals surface area contributed by atoms with Crippen molar-refractivity contribution in [1.82, 2.24) is 19.5 Å². The summed E-state index contributed by atoms with van der Waals surface area (Å²) in [4.78, 5) is 15.1. The molecule has 2 aromatic heterocycles. The van der Waals surface area contributed by atoms with Crippen LogP contribution in [0.15, 0.2) is 182 Å². The molecule has 10 rings (SSSR count). The van der Waals surface area contributed by atoms with Crippen molar-refractivity contribution in [3.8, 4) is 51.0 Å². The molecule has 8 aromatic carbocycles. The minimum atomic E-state index is 0.634. The molecule has 10 aromatic rings. The molecule has 2 heterocycles. The van der Waals surface area contributed by atoms with Crippen molar-refractivity contribution >= 4 is 43.4 Å². The number of hydrogen-bond acceptors (Lipinski definition) is 3. The van der Waals surface area contributed by atoms with Crippen LogP contribution in [-0.2, 0) is 0 Å². The van der Waals surface area contributed by atoms with E-state index in [1.54, 1.807) is 0 Å². The lowest BCUT2D eigenvalue weighted by atomic mass is 10.0. The lowest BCUT2D eigenvalue weighted by Gasteiger charge is -2.12. The highest BCUT2D eigenvalue weighted by Crippen LogP contribution is 2.39. The van der Waals surface area contributed by atoms with E-state index in [0.29, 0.717) is 17.5 Å². The highest BCUT2D eigenvalue weighted by molar-refractivity contribution is 6.20. The number of rotatable bonds is 5. The molecular weight excluding hydrogens is 621 g/mol. The molecule has 4 nitrogen and oxygen atoms in total. The highest BCUT2D eigenvalue weighted by Gasteiger charge is 2.17. The van der Waals surface area contributed by atoms with Crippen molar-refractivity contribution in [2.75, 3.05) is 0 Å². The summed E-state index contributed by atoms with van der Waals surface area (Å²) in [6.45, 7) is 0. The van der Waals surface area contributed by atoms with Gasteiger partial charge >= 0.3 is 0 Å². The monoisotopic (exact) mass is 650 g/mol. The quantitative estimate of drug-likeness (QED) is 0.186. The Bertz CT molecular complexity index is 2890. The van der Waals surface area contributed by atoms with E-state index in [9.17, 15) is 0 Å². The van der Waals surface area contributed by atoms with E-state index in [-0.39, 0.29) is 0 Å². The molecule has 0 radical (unpaired) electrons. The first-order valence-corrected chi connectivity index (χ1v) is 17.2. The van der Waals surface area contributed by atoms with E-state index in [0.717, 1.165) is 33.5 Å². The Hall–Kier alpha value is -6.91. The van der Waals surface area contributed by atoms with E-state index < -0.39 is 0 Å². The molecule has 4 heteroatoms. The van der Waals surface area contributed by atoms with Gasteiger partial charge in [0, 0.05) is 38.5 Å². The number of benzene rings is 8. The third-order valence-corrected chi connectivity index (χ3v) is 9.80. The Balaban J connectivity index is 1.14. The zero-order valence-corrected chi connectivity index (χ0v) is 27.6. The third-order valence-electron chi connectivity index (χ3n) is 9.80. The van der Waals surface area contributed by atoms with Crippen LogP contribution >= 0.6 is 0 Å². The maximum Gasteiger partial charge on any atom is 0.164 e. The van der Waals surface area contributed by atoms with E-state index in [1.165, 1.54) is 43.4 Å². The van der Waals surface area contributed by atoms with E-state index in [2.05, 4.69) is 150 Å². The second-order valence-electron chi connectivity index (χ2n) is 12.9. The van der Waals surface area contributed by atoms with Crippen LogP contribution in [0.4, 0.5) is 0 Å². The Morgan fingerprint density at radius 1 is 0.314 bits per heavy atom. The molecule has 0 amide bonds. The van der Waals surface area contributed by atoms with Gasteiger partial charge in [-0.25, -0.2) is 15.0 Å². The van der Waals surface area contributed by atoms with Crippen molar-refractivity contribution < 1.29 is 0 Å². The van der Waals surface area contributed by atoms with Gasteiger partial charge in [0.1, 0.15) is 0 Å². The van der Waals surface area contributed by atoms with Crippen molar-refractivity contribution in [1.29, 1.82) is 0 Å². The van der Waals surface area contributed by atoms with Gasteiger partial charge in [-0.3, -0.25) is 0 Å². The number of fused-ring (bicyclic) bond motifs is 6. The Morgan fingerprint density at radius 3 is 1.59 bits per heavy atom. The van der Waals surface area contributed by atoms with Crippen LogP contribution in [-0.4, -0.2) is 19.5 Å². The molecule has 238 valence electrons. The summed E-state index contributed by atoms with van der Waals surface area (Å²) < 4.78 is 2.41. The first-order chi connectivity index (χ1) is 25.3. The molecule has 0 unspecified atom stereocenters. The summed E-state index contributed by atoms with van der Waals surface area (Å²) in [5.74, 6) is 1.92. The first-order valence-electron chi connectivity index (χ1n) is 17.2. The van der Waals surface area contributed by atoms with Crippen molar-refractivity contribution in [2.45, 2.75) is 0 Å². The topological polar surface area (TPSA) is 43.6 Å². The number of hydrogen-bond donors (Lipinski definition) is 0. The fraction of sp³-hybridized carbons (Fsp3) is 0. The number of nitrogens with zero attached hydrogens (tertiary/aromatic N) is 4. The molecule has 0 bridgehead atoms. The summed E-state index contributed by atoms with van der Waals surface area (Å²) in [5.41, 5.74) is 8.55. The summed E-state index contributed by atoms with van der Waals surface area (Å²) in [6.07, 6.45) is 0. The van der Waals surface area contributed by atoms with Crippen LogP contribution < -0.4 is 0 Å². The lowest BCUT2D eigenvalue weighted by Crippen LogP contribution is -2.01. The summed E-state index contributed by atoms with van der Waals surface area (Å²) in [6, 6.07) is 64.0. The molecule has 0 aliphatic heterocycles. The summed E-state index contributed by atoms with van der Waals surface area (Å²) in [5, 5.41) is 7.39. The second-order valence-corrected chi connectivity index (χ2v) is 12.9. The van der Waals surface area contributed by atoms with Crippen LogP contribution in [0, 0.1) is 0 Å². The summed E-state index contributed by atoms with van der Waals surface area (Å²) >= 11 is 0. The van der Waals surface area contributed by atoms with E-state index in [4.69, 9.17) is 15.0 Å². The van der Waals surface area contributed by atoms with Crippen LogP contribution in [0.1, 0.15) is 0 Å².